The molecule has 8 heteroatoms. The number of aliphatic imine (C=N–C) groups is 1. The van der Waals surface area contributed by atoms with Gasteiger partial charge >= 0.3 is 0 Å². The Morgan fingerprint density at radius 2 is 1.81 bits per heavy atom. The van der Waals surface area contributed by atoms with Crippen LogP contribution in [-0.2, 0) is 14.6 Å². The second-order valence-corrected chi connectivity index (χ2v) is 12.2. The van der Waals surface area contributed by atoms with Gasteiger partial charge in [0.15, 0.2) is 15.0 Å². The SMILES string of the molecule is CCN(CC)c1ccc(N2C(=NC(=O)CCC3CCCC3)S[C@H]3CS(=O)(=O)C[C@@H]32)cc1. The zero-order valence-electron chi connectivity index (χ0n) is 18.5. The zero-order valence-corrected chi connectivity index (χ0v) is 20.1. The molecule has 2 heterocycles. The van der Waals surface area contributed by atoms with E-state index >= 15 is 0 Å². The molecule has 3 fully saturated rings. The molecule has 31 heavy (non-hydrogen) atoms. The average molecular weight is 464 g/mol. The van der Waals surface area contributed by atoms with Crippen molar-refractivity contribution in [2.75, 3.05) is 34.4 Å². The standard InChI is InChI=1S/C23H33N3O3S2/c1-3-25(4-2)18-10-12-19(13-11-18)26-20-15-31(28,29)16-21(20)30-23(26)24-22(27)14-9-17-7-5-6-8-17/h10-13,17,20-21H,3-9,14-16H2,1-2H3/t20-,21-/m0/s1. The molecule has 0 spiro atoms. The van der Waals surface area contributed by atoms with Crippen LogP contribution in [0.5, 0.6) is 0 Å². The van der Waals surface area contributed by atoms with Crippen molar-refractivity contribution < 1.29 is 13.2 Å². The van der Waals surface area contributed by atoms with Crippen LogP contribution in [0.3, 0.4) is 0 Å². The summed E-state index contributed by atoms with van der Waals surface area (Å²) in [4.78, 5) is 21.4. The number of rotatable bonds is 7. The fourth-order valence-corrected chi connectivity index (χ4v) is 9.00. The van der Waals surface area contributed by atoms with Gasteiger partial charge in [0.2, 0.25) is 5.91 Å². The molecule has 170 valence electrons. The van der Waals surface area contributed by atoms with Crippen LogP contribution in [0.2, 0.25) is 0 Å². The first-order valence-corrected chi connectivity index (χ1v) is 14.2. The molecular formula is C23H33N3O3S2. The first kappa shape index (κ1) is 22.6. The van der Waals surface area contributed by atoms with E-state index in [4.69, 9.17) is 0 Å². The number of carbonyl (C=O) groups excluding carboxylic acids is 1. The van der Waals surface area contributed by atoms with Gasteiger partial charge in [-0.05, 0) is 50.5 Å². The van der Waals surface area contributed by atoms with Gasteiger partial charge in [0.1, 0.15) is 0 Å². The maximum absolute atomic E-state index is 12.6. The maximum Gasteiger partial charge on any atom is 0.248 e. The number of fused-ring (bicyclic) bond motifs is 1. The fourth-order valence-electron chi connectivity index (χ4n) is 5.07. The molecule has 0 bridgehead atoms. The lowest BCUT2D eigenvalue weighted by atomic mass is 10.0. The Hall–Kier alpha value is -1.54. The van der Waals surface area contributed by atoms with Crippen LogP contribution in [0.4, 0.5) is 11.4 Å². The lowest BCUT2D eigenvalue weighted by Gasteiger charge is -2.26. The molecule has 0 unspecified atom stereocenters. The smallest absolute Gasteiger partial charge is 0.248 e. The Morgan fingerprint density at radius 1 is 1.13 bits per heavy atom. The van der Waals surface area contributed by atoms with Crippen molar-refractivity contribution in [3.05, 3.63) is 24.3 Å². The van der Waals surface area contributed by atoms with Crippen molar-refractivity contribution in [3.63, 3.8) is 0 Å². The molecule has 1 aromatic rings. The molecule has 1 aliphatic carbocycles. The van der Waals surface area contributed by atoms with E-state index in [2.05, 4.69) is 35.9 Å². The van der Waals surface area contributed by atoms with Gasteiger partial charge in [-0.2, -0.15) is 4.99 Å². The predicted octanol–water partition coefficient (Wildman–Crippen LogP) is 4.10. The van der Waals surface area contributed by atoms with E-state index in [0.717, 1.165) is 30.9 Å². The van der Waals surface area contributed by atoms with Crippen LogP contribution < -0.4 is 9.80 Å². The summed E-state index contributed by atoms with van der Waals surface area (Å²) < 4.78 is 24.5. The predicted molar refractivity (Wildman–Crippen MR) is 130 cm³/mol. The van der Waals surface area contributed by atoms with Crippen molar-refractivity contribution in [2.45, 2.75) is 63.7 Å². The second-order valence-electron chi connectivity index (χ2n) is 8.84. The maximum atomic E-state index is 12.6. The number of amides is 1. The van der Waals surface area contributed by atoms with Gasteiger partial charge in [-0.15, -0.1) is 0 Å². The number of sulfone groups is 1. The monoisotopic (exact) mass is 463 g/mol. The third-order valence-electron chi connectivity index (χ3n) is 6.78. The van der Waals surface area contributed by atoms with Crippen LogP contribution in [0.1, 0.15) is 52.4 Å². The number of anilines is 2. The highest BCUT2D eigenvalue weighted by Gasteiger charge is 2.49. The quantitative estimate of drug-likeness (QED) is 0.606. The number of carbonyl (C=O) groups is 1. The summed E-state index contributed by atoms with van der Waals surface area (Å²) in [5.41, 5.74) is 2.05. The Labute approximate surface area is 190 Å². The van der Waals surface area contributed by atoms with E-state index < -0.39 is 9.84 Å². The highest BCUT2D eigenvalue weighted by atomic mass is 32.2. The molecule has 2 aliphatic heterocycles. The molecule has 4 rings (SSSR count). The van der Waals surface area contributed by atoms with Crippen molar-refractivity contribution in [1.29, 1.82) is 0 Å². The summed E-state index contributed by atoms with van der Waals surface area (Å²) in [5, 5.41) is 0.603. The minimum atomic E-state index is -3.06. The van der Waals surface area contributed by atoms with E-state index in [0.29, 0.717) is 17.5 Å². The molecule has 0 aromatic heterocycles. The highest BCUT2D eigenvalue weighted by molar-refractivity contribution is 8.16. The van der Waals surface area contributed by atoms with Gasteiger partial charge in [0, 0.05) is 36.1 Å². The molecule has 0 N–H and O–H groups in total. The summed E-state index contributed by atoms with van der Waals surface area (Å²) >= 11 is 1.46. The van der Waals surface area contributed by atoms with Gasteiger partial charge in [0.05, 0.1) is 17.5 Å². The third kappa shape index (κ3) is 5.11. The van der Waals surface area contributed by atoms with E-state index in [1.165, 1.54) is 37.4 Å². The molecule has 1 amide bonds. The van der Waals surface area contributed by atoms with Gasteiger partial charge in [-0.1, -0.05) is 37.4 Å². The minimum Gasteiger partial charge on any atom is -0.372 e. The van der Waals surface area contributed by atoms with E-state index in [1.54, 1.807) is 0 Å². The van der Waals surface area contributed by atoms with Crippen molar-refractivity contribution in [3.8, 4) is 0 Å². The first-order chi connectivity index (χ1) is 14.9. The number of amidine groups is 1. The van der Waals surface area contributed by atoms with Crippen molar-refractivity contribution >= 4 is 44.0 Å². The molecule has 3 aliphatic rings. The molecule has 0 radical (unpaired) electrons. The Bertz CT molecular complexity index is 920. The number of thioether (sulfide) groups is 1. The summed E-state index contributed by atoms with van der Waals surface area (Å²) in [7, 11) is -3.06. The normalized spacial score (nSPS) is 26.5. The second kappa shape index (κ2) is 9.53. The van der Waals surface area contributed by atoms with Gasteiger partial charge < -0.3 is 9.80 Å². The van der Waals surface area contributed by atoms with Gasteiger partial charge in [0.25, 0.3) is 0 Å². The molecular weight excluding hydrogens is 430 g/mol. The highest BCUT2D eigenvalue weighted by Crippen LogP contribution is 2.41. The van der Waals surface area contributed by atoms with Crippen LogP contribution >= 0.6 is 11.8 Å². The third-order valence-corrected chi connectivity index (χ3v) is 9.99. The minimum absolute atomic E-state index is 0.0613. The van der Waals surface area contributed by atoms with Gasteiger partial charge in [-0.25, -0.2) is 8.42 Å². The van der Waals surface area contributed by atoms with E-state index in [1.807, 2.05) is 17.0 Å². The number of hydrogen-bond acceptors (Lipinski definition) is 5. The molecule has 2 atom stereocenters. The largest absolute Gasteiger partial charge is 0.372 e. The molecule has 6 nitrogen and oxygen atoms in total. The van der Waals surface area contributed by atoms with Crippen LogP contribution in [-0.4, -0.2) is 55.4 Å². The number of hydrogen-bond donors (Lipinski definition) is 0. The van der Waals surface area contributed by atoms with Crippen LogP contribution in [0, 0.1) is 5.92 Å². The topological polar surface area (TPSA) is 70.0 Å². The van der Waals surface area contributed by atoms with Crippen LogP contribution in [0.15, 0.2) is 29.3 Å². The number of nitrogens with zero attached hydrogens (tertiary/aromatic N) is 3. The van der Waals surface area contributed by atoms with E-state index in [-0.39, 0.29) is 28.7 Å². The van der Waals surface area contributed by atoms with Crippen molar-refractivity contribution in [1.82, 2.24) is 0 Å². The summed E-state index contributed by atoms with van der Waals surface area (Å²) in [6.07, 6.45) is 6.41. The number of benzene rings is 1. The summed E-state index contributed by atoms with van der Waals surface area (Å²) in [6.45, 7) is 6.12. The first-order valence-electron chi connectivity index (χ1n) is 11.5. The Balaban J connectivity index is 1.55. The lowest BCUT2D eigenvalue weighted by molar-refractivity contribution is -0.118. The fraction of sp³-hybridized carbons (Fsp3) is 0.652. The van der Waals surface area contributed by atoms with Crippen molar-refractivity contribution in [2.24, 2.45) is 10.9 Å². The average Bonchev–Trinajstić information content (AvgIpc) is 3.43. The Kier molecular flexibility index (Phi) is 6.96. The summed E-state index contributed by atoms with van der Waals surface area (Å²) in [5.74, 6) is 0.860. The lowest BCUT2D eigenvalue weighted by Crippen LogP contribution is -2.37. The van der Waals surface area contributed by atoms with Gasteiger partial charge in [-0.3, -0.25) is 4.79 Å². The molecule has 2 saturated heterocycles. The zero-order chi connectivity index (χ0) is 22.0. The van der Waals surface area contributed by atoms with Crippen LogP contribution in [0.25, 0.3) is 0 Å². The van der Waals surface area contributed by atoms with E-state index in [9.17, 15) is 13.2 Å². The molecule has 1 aromatic carbocycles. The summed E-state index contributed by atoms with van der Waals surface area (Å²) in [6, 6.07) is 8.04. The molecule has 1 saturated carbocycles. The Morgan fingerprint density at radius 3 is 2.45 bits per heavy atom.